The van der Waals surface area contributed by atoms with E-state index in [4.69, 9.17) is 9.47 Å². The Kier molecular flexibility index (Phi) is 4.92. The van der Waals surface area contributed by atoms with Crippen LogP contribution in [0.3, 0.4) is 0 Å². The second-order valence-corrected chi connectivity index (χ2v) is 8.92. The lowest BCUT2D eigenvalue weighted by atomic mass is 9.52. The quantitative estimate of drug-likeness (QED) is 0.630. The summed E-state index contributed by atoms with van der Waals surface area (Å²) in [5.41, 5.74) is 1.93. The number of carbonyl (C=O) groups excluding carboxylic acids is 1. The monoisotopic (exact) mass is 358 g/mol. The van der Waals surface area contributed by atoms with Crippen LogP contribution < -0.4 is 0 Å². The third-order valence-corrected chi connectivity index (χ3v) is 7.97. The van der Waals surface area contributed by atoms with Gasteiger partial charge in [-0.3, -0.25) is 4.79 Å². The van der Waals surface area contributed by atoms with Crippen molar-refractivity contribution in [3.05, 3.63) is 23.5 Å². The van der Waals surface area contributed by atoms with Gasteiger partial charge in [0.25, 0.3) is 0 Å². The molecule has 0 aromatic heterocycles. The van der Waals surface area contributed by atoms with Crippen LogP contribution in [0.2, 0.25) is 0 Å². The molecular formula is C23H34O3. The van der Waals surface area contributed by atoms with Crippen LogP contribution in [-0.4, -0.2) is 18.7 Å². The molecule has 4 rings (SSSR count). The standard InChI is InChI=1S/C23H34O3/c1-4-23-12-10-19-18-9-7-17(25-5-2)14-16(18)6-8-20(19)22(23)21(11-13-23)26-15(3)24/h6,14,18-22H,4-5,7-13H2,1-3H3/t18-,19+,20+,21?,22+,23+/m0/s1. The number of carbonyl (C=O) groups is 1. The van der Waals surface area contributed by atoms with Gasteiger partial charge >= 0.3 is 5.97 Å². The molecule has 0 saturated heterocycles. The third-order valence-electron chi connectivity index (χ3n) is 7.97. The SMILES string of the molecule is CCOC1=CC2=CC[C@@H]3[C@H](CC[C@]4(CC)CCC(OC(C)=O)[C@@H]34)[C@H]2CC1. The van der Waals surface area contributed by atoms with Crippen LogP contribution in [-0.2, 0) is 14.3 Å². The first-order valence-electron chi connectivity index (χ1n) is 10.8. The van der Waals surface area contributed by atoms with Crippen LogP contribution in [0.1, 0.15) is 72.1 Å². The summed E-state index contributed by atoms with van der Waals surface area (Å²) < 4.78 is 11.6. The molecule has 0 amide bonds. The summed E-state index contributed by atoms with van der Waals surface area (Å²) in [5.74, 6) is 3.77. The molecular weight excluding hydrogens is 324 g/mol. The molecule has 4 aliphatic carbocycles. The Morgan fingerprint density at radius 1 is 1.19 bits per heavy atom. The van der Waals surface area contributed by atoms with Gasteiger partial charge in [-0.15, -0.1) is 0 Å². The highest BCUT2D eigenvalue weighted by Crippen LogP contribution is 2.63. The maximum atomic E-state index is 11.7. The fourth-order valence-corrected chi connectivity index (χ4v) is 6.95. The van der Waals surface area contributed by atoms with Crippen molar-refractivity contribution in [1.82, 2.24) is 0 Å². The minimum Gasteiger partial charge on any atom is -0.498 e. The third kappa shape index (κ3) is 2.92. The van der Waals surface area contributed by atoms with E-state index in [1.165, 1.54) is 43.4 Å². The van der Waals surface area contributed by atoms with Crippen LogP contribution in [0.15, 0.2) is 23.5 Å². The Bertz CT molecular complexity index is 619. The van der Waals surface area contributed by atoms with Crippen LogP contribution in [0, 0.1) is 29.1 Å². The summed E-state index contributed by atoms with van der Waals surface area (Å²) in [6.07, 6.45) is 14.6. The molecule has 0 heterocycles. The van der Waals surface area contributed by atoms with E-state index in [9.17, 15) is 4.79 Å². The lowest BCUT2D eigenvalue weighted by Gasteiger charge is -2.53. The van der Waals surface area contributed by atoms with Gasteiger partial charge in [0.2, 0.25) is 0 Å². The minimum atomic E-state index is -0.0991. The molecule has 4 aliphatic rings. The summed E-state index contributed by atoms with van der Waals surface area (Å²) >= 11 is 0. The molecule has 0 spiro atoms. The van der Waals surface area contributed by atoms with Crippen molar-refractivity contribution in [3.8, 4) is 0 Å². The summed E-state index contributed by atoms with van der Waals surface area (Å²) in [6.45, 7) is 6.76. The summed E-state index contributed by atoms with van der Waals surface area (Å²) in [4.78, 5) is 11.7. The van der Waals surface area contributed by atoms with E-state index in [2.05, 4.69) is 26.0 Å². The molecule has 0 radical (unpaired) electrons. The molecule has 144 valence electrons. The molecule has 0 aliphatic heterocycles. The number of esters is 1. The Hall–Kier alpha value is -1.25. The molecule has 0 bridgehead atoms. The fourth-order valence-electron chi connectivity index (χ4n) is 6.95. The number of rotatable bonds is 4. The Balaban J connectivity index is 1.62. The average Bonchev–Trinajstić information content (AvgIpc) is 3.00. The predicted octanol–water partition coefficient (Wildman–Crippen LogP) is 5.41. The van der Waals surface area contributed by atoms with Crippen molar-refractivity contribution in [1.29, 1.82) is 0 Å². The van der Waals surface area contributed by atoms with Gasteiger partial charge in [0.15, 0.2) is 0 Å². The maximum absolute atomic E-state index is 11.7. The molecule has 0 aromatic carbocycles. The minimum absolute atomic E-state index is 0.0991. The lowest BCUT2D eigenvalue weighted by Crippen LogP contribution is -2.48. The van der Waals surface area contributed by atoms with Crippen molar-refractivity contribution < 1.29 is 14.3 Å². The number of allylic oxidation sites excluding steroid dienone is 4. The Labute approximate surface area is 158 Å². The number of fused-ring (bicyclic) bond motifs is 5. The van der Waals surface area contributed by atoms with Crippen molar-refractivity contribution in [2.24, 2.45) is 29.1 Å². The fraction of sp³-hybridized carbons (Fsp3) is 0.783. The van der Waals surface area contributed by atoms with Crippen molar-refractivity contribution in [2.75, 3.05) is 6.61 Å². The molecule has 26 heavy (non-hydrogen) atoms. The van der Waals surface area contributed by atoms with Crippen LogP contribution in [0.4, 0.5) is 0 Å². The normalized spacial score (nSPS) is 41.3. The Morgan fingerprint density at radius 2 is 2.00 bits per heavy atom. The summed E-state index contributed by atoms with van der Waals surface area (Å²) in [5, 5.41) is 0. The van der Waals surface area contributed by atoms with Crippen molar-refractivity contribution in [2.45, 2.75) is 78.2 Å². The molecule has 0 N–H and O–H groups in total. The van der Waals surface area contributed by atoms with E-state index in [0.29, 0.717) is 23.2 Å². The topological polar surface area (TPSA) is 35.5 Å². The zero-order chi connectivity index (χ0) is 18.3. The van der Waals surface area contributed by atoms with Gasteiger partial charge in [-0.1, -0.05) is 19.4 Å². The molecule has 0 aromatic rings. The first-order chi connectivity index (χ1) is 12.6. The van der Waals surface area contributed by atoms with Gasteiger partial charge < -0.3 is 9.47 Å². The van der Waals surface area contributed by atoms with Crippen LogP contribution in [0.5, 0.6) is 0 Å². The van der Waals surface area contributed by atoms with Gasteiger partial charge in [-0.05, 0) is 80.3 Å². The molecule has 1 unspecified atom stereocenters. The van der Waals surface area contributed by atoms with E-state index < -0.39 is 0 Å². The van der Waals surface area contributed by atoms with Gasteiger partial charge in [0, 0.05) is 19.3 Å². The van der Waals surface area contributed by atoms with Crippen LogP contribution >= 0.6 is 0 Å². The molecule has 6 atom stereocenters. The van der Waals surface area contributed by atoms with E-state index in [0.717, 1.165) is 31.8 Å². The molecule has 2 saturated carbocycles. The van der Waals surface area contributed by atoms with Gasteiger partial charge in [-0.25, -0.2) is 0 Å². The van der Waals surface area contributed by atoms with Crippen LogP contribution in [0.25, 0.3) is 0 Å². The number of ether oxygens (including phenoxy) is 2. The van der Waals surface area contributed by atoms with E-state index >= 15 is 0 Å². The molecule has 3 heteroatoms. The van der Waals surface area contributed by atoms with E-state index in [1.807, 2.05) is 0 Å². The van der Waals surface area contributed by atoms with Crippen molar-refractivity contribution >= 4 is 5.97 Å². The largest absolute Gasteiger partial charge is 0.498 e. The molecule has 3 nitrogen and oxygen atoms in total. The van der Waals surface area contributed by atoms with E-state index in [1.54, 1.807) is 6.92 Å². The highest BCUT2D eigenvalue weighted by molar-refractivity contribution is 5.66. The smallest absolute Gasteiger partial charge is 0.302 e. The van der Waals surface area contributed by atoms with Gasteiger partial charge in [0.1, 0.15) is 6.10 Å². The maximum Gasteiger partial charge on any atom is 0.302 e. The van der Waals surface area contributed by atoms with Gasteiger partial charge in [-0.2, -0.15) is 0 Å². The lowest BCUT2D eigenvalue weighted by molar-refractivity contribution is -0.153. The zero-order valence-electron chi connectivity index (χ0n) is 16.6. The average molecular weight is 359 g/mol. The Morgan fingerprint density at radius 3 is 2.73 bits per heavy atom. The van der Waals surface area contributed by atoms with E-state index in [-0.39, 0.29) is 12.1 Å². The summed E-state index contributed by atoms with van der Waals surface area (Å²) in [7, 11) is 0. The first kappa shape index (κ1) is 18.1. The number of hydrogen-bond donors (Lipinski definition) is 0. The first-order valence-corrected chi connectivity index (χ1v) is 10.8. The molecule has 2 fully saturated rings. The number of hydrogen-bond acceptors (Lipinski definition) is 3. The highest BCUT2D eigenvalue weighted by atomic mass is 16.5. The van der Waals surface area contributed by atoms with Crippen molar-refractivity contribution in [3.63, 3.8) is 0 Å². The van der Waals surface area contributed by atoms with Gasteiger partial charge in [0.05, 0.1) is 12.4 Å². The zero-order valence-corrected chi connectivity index (χ0v) is 16.6. The second-order valence-electron chi connectivity index (χ2n) is 8.92. The highest BCUT2D eigenvalue weighted by Gasteiger charge is 2.57. The second kappa shape index (κ2) is 7.05. The predicted molar refractivity (Wildman–Crippen MR) is 102 cm³/mol. The summed E-state index contributed by atoms with van der Waals surface area (Å²) in [6, 6.07) is 0.